The minimum absolute atomic E-state index is 0.000143. The van der Waals surface area contributed by atoms with Crippen molar-refractivity contribution >= 4 is 23.9 Å². The van der Waals surface area contributed by atoms with Crippen molar-refractivity contribution in [1.29, 1.82) is 0 Å². The van der Waals surface area contributed by atoms with Gasteiger partial charge in [-0.2, -0.15) is 0 Å². The van der Waals surface area contributed by atoms with Gasteiger partial charge >= 0.3 is 6.03 Å². The zero-order valence-corrected chi connectivity index (χ0v) is 18.1. The van der Waals surface area contributed by atoms with Crippen LogP contribution in [0.3, 0.4) is 0 Å². The van der Waals surface area contributed by atoms with Gasteiger partial charge < -0.3 is 9.30 Å². The first-order valence-corrected chi connectivity index (χ1v) is 10.6. The number of carbonyl (C=O) groups is 3. The molecule has 2 aromatic rings. The molecule has 7 nitrogen and oxygen atoms in total. The Bertz CT molecular complexity index is 1060. The van der Waals surface area contributed by atoms with Crippen molar-refractivity contribution < 1.29 is 19.1 Å². The van der Waals surface area contributed by atoms with Gasteiger partial charge in [0.2, 0.25) is 0 Å². The Morgan fingerprint density at radius 1 is 1.03 bits per heavy atom. The van der Waals surface area contributed by atoms with Crippen molar-refractivity contribution in [3.8, 4) is 11.4 Å². The second-order valence-electron chi connectivity index (χ2n) is 8.14. The molecule has 7 heteroatoms. The normalized spacial score (nSPS) is 19.1. The summed E-state index contributed by atoms with van der Waals surface area (Å²) in [6.45, 7) is 3.92. The lowest BCUT2D eigenvalue weighted by Gasteiger charge is -2.35. The highest BCUT2D eigenvalue weighted by Crippen LogP contribution is 2.28. The molecule has 0 radical (unpaired) electrons. The van der Waals surface area contributed by atoms with Gasteiger partial charge in [-0.05, 0) is 68.7 Å². The summed E-state index contributed by atoms with van der Waals surface area (Å²) in [6, 6.07) is 8.87. The number of rotatable bonds is 4. The van der Waals surface area contributed by atoms with Gasteiger partial charge in [0.1, 0.15) is 11.3 Å². The van der Waals surface area contributed by atoms with Crippen LogP contribution in [-0.2, 0) is 9.59 Å². The Balaban J connectivity index is 1.69. The van der Waals surface area contributed by atoms with Crippen LogP contribution in [0.4, 0.5) is 4.79 Å². The molecule has 2 heterocycles. The fraction of sp³-hybridized carbons (Fsp3) is 0.375. The number of hydrogen-bond acceptors (Lipinski definition) is 4. The summed E-state index contributed by atoms with van der Waals surface area (Å²) in [5.41, 5.74) is 3.60. The lowest BCUT2D eigenvalue weighted by Crippen LogP contribution is -2.58. The molecule has 1 N–H and O–H groups in total. The van der Waals surface area contributed by atoms with Crippen molar-refractivity contribution in [3.63, 3.8) is 0 Å². The maximum Gasteiger partial charge on any atom is 0.331 e. The number of aromatic nitrogens is 1. The molecule has 1 saturated carbocycles. The van der Waals surface area contributed by atoms with E-state index in [0.29, 0.717) is 0 Å². The van der Waals surface area contributed by atoms with Crippen LogP contribution in [0.25, 0.3) is 11.8 Å². The second kappa shape index (κ2) is 8.41. The Labute approximate surface area is 181 Å². The fourth-order valence-corrected chi connectivity index (χ4v) is 4.56. The average Bonchev–Trinajstić information content (AvgIpc) is 3.04. The highest BCUT2D eigenvalue weighted by atomic mass is 16.5. The maximum atomic E-state index is 13.1. The molecule has 4 rings (SSSR count). The summed E-state index contributed by atoms with van der Waals surface area (Å²) in [6.07, 6.45) is 6.25. The van der Waals surface area contributed by atoms with Crippen molar-refractivity contribution in [2.24, 2.45) is 0 Å². The molecule has 31 heavy (non-hydrogen) atoms. The van der Waals surface area contributed by atoms with Gasteiger partial charge in [-0.1, -0.05) is 19.3 Å². The number of nitrogens with one attached hydrogen (secondary N) is 1. The highest BCUT2D eigenvalue weighted by Gasteiger charge is 2.40. The van der Waals surface area contributed by atoms with E-state index in [1.807, 2.05) is 44.2 Å². The van der Waals surface area contributed by atoms with Gasteiger partial charge in [-0.15, -0.1) is 0 Å². The molecule has 162 valence electrons. The van der Waals surface area contributed by atoms with Crippen LogP contribution in [0, 0.1) is 13.8 Å². The van der Waals surface area contributed by atoms with Gasteiger partial charge in [0, 0.05) is 23.1 Å². The third-order valence-electron chi connectivity index (χ3n) is 6.17. The molecular weight excluding hydrogens is 394 g/mol. The quantitative estimate of drug-likeness (QED) is 0.600. The number of carbonyl (C=O) groups excluding carboxylic acids is 3. The molecule has 1 aromatic heterocycles. The fourth-order valence-electron chi connectivity index (χ4n) is 4.56. The van der Waals surface area contributed by atoms with Crippen molar-refractivity contribution in [1.82, 2.24) is 14.8 Å². The van der Waals surface area contributed by atoms with Crippen LogP contribution >= 0.6 is 0 Å². The average molecular weight is 421 g/mol. The lowest BCUT2D eigenvalue weighted by molar-refractivity contribution is -0.132. The predicted octanol–water partition coefficient (Wildman–Crippen LogP) is 3.90. The van der Waals surface area contributed by atoms with Crippen LogP contribution in [0.5, 0.6) is 5.75 Å². The lowest BCUT2D eigenvalue weighted by atomic mass is 9.93. The molecule has 1 aromatic carbocycles. The summed E-state index contributed by atoms with van der Waals surface area (Å²) in [5.74, 6) is -0.378. The number of ether oxygens (including phenoxy) is 1. The van der Waals surface area contributed by atoms with E-state index in [9.17, 15) is 14.4 Å². The molecule has 4 amide bonds. The summed E-state index contributed by atoms with van der Waals surface area (Å²) in [5, 5.41) is 2.35. The minimum atomic E-state index is -0.642. The first kappa shape index (κ1) is 20.9. The van der Waals surface area contributed by atoms with Crippen LogP contribution in [-0.4, -0.2) is 40.5 Å². The number of nitrogens with zero attached hydrogens (tertiary/aromatic N) is 2. The molecule has 2 fully saturated rings. The molecule has 1 aliphatic carbocycles. The molecular formula is C24H27N3O4. The topological polar surface area (TPSA) is 80.6 Å². The standard InChI is InChI=1S/C24H27N3O4/c1-15-13-17(16(2)26(15)19-9-11-20(31-3)12-10-19)14-21-22(28)25-24(30)27(23(21)29)18-7-5-4-6-8-18/h9-14,18H,4-8H2,1-3H3,(H,25,28,30)/b21-14-. The summed E-state index contributed by atoms with van der Waals surface area (Å²) in [4.78, 5) is 39.3. The summed E-state index contributed by atoms with van der Waals surface area (Å²) in [7, 11) is 1.62. The predicted molar refractivity (Wildman–Crippen MR) is 117 cm³/mol. The van der Waals surface area contributed by atoms with Gasteiger partial charge in [0.25, 0.3) is 11.8 Å². The molecule has 0 unspecified atom stereocenters. The first-order valence-electron chi connectivity index (χ1n) is 10.6. The molecule has 2 aliphatic rings. The zero-order chi connectivity index (χ0) is 22.1. The monoisotopic (exact) mass is 421 g/mol. The first-order chi connectivity index (χ1) is 14.9. The molecule has 1 aliphatic heterocycles. The van der Waals surface area contributed by atoms with E-state index in [0.717, 1.165) is 60.5 Å². The number of benzene rings is 1. The summed E-state index contributed by atoms with van der Waals surface area (Å²) < 4.78 is 7.29. The van der Waals surface area contributed by atoms with E-state index < -0.39 is 17.8 Å². The van der Waals surface area contributed by atoms with E-state index in [1.165, 1.54) is 4.90 Å². The third kappa shape index (κ3) is 3.87. The molecule has 1 saturated heterocycles. The van der Waals surface area contributed by atoms with Crippen molar-refractivity contribution in [3.05, 3.63) is 52.9 Å². The smallest absolute Gasteiger partial charge is 0.331 e. The van der Waals surface area contributed by atoms with Crippen LogP contribution in [0.1, 0.15) is 49.1 Å². The maximum absolute atomic E-state index is 13.1. The number of amides is 4. The van der Waals surface area contributed by atoms with Crippen LogP contribution in [0.15, 0.2) is 35.9 Å². The third-order valence-corrected chi connectivity index (χ3v) is 6.17. The molecule has 0 bridgehead atoms. The minimum Gasteiger partial charge on any atom is -0.497 e. The highest BCUT2D eigenvalue weighted by molar-refractivity contribution is 6.31. The van der Waals surface area contributed by atoms with E-state index >= 15 is 0 Å². The summed E-state index contributed by atoms with van der Waals surface area (Å²) >= 11 is 0. The van der Waals surface area contributed by atoms with E-state index in [4.69, 9.17) is 4.74 Å². The Morgan fingerprint density at radius 2 is 1.71 bits per heavy atom. The van der Waals surface area contributed by atoms with Crippen LogP contribution < -0.4 is 10.1 Å². The van der Waals surface area contributed by atoms with Crippen LogP contribution in [0.2, 0.25) is 0 Å². The van der Waals surface area contributed by atoms with Gasteiger partial charge in [0.15, 0.2) is 0 Å². The van der Waals surface area contributed by atoms with E-state index in [1.54, 1.807) is 13.2 Å². The van der Waals surface area contributed by atoms with E-state index in [2.05, 4.69) is 9.88 Å². The van der Waals surface area contributed by atoms with Crippen molar-refractivity contribution in [2.45, 2.75) is 52.0 Å². The van der Waals surface area contributed by atoms with E-state index in [-0.39, 0.29) is 11.6 Å². The van der Waals surface area contributed by atoms with Gasteiger partial charge in [-0.3, -0.25) is 19.8 Å². The molecule has 0 atom stereocenters. The second-order valence-corrected chi connectivity index (χ2v) is 8.14. The SMILES string of the molecule is COc1ccc(-n2c(C)cc(/C=C3/C(=O)NC(=O)N(C4CCCCC4)C3=O)c2C)cc1. The van der Waals surface area contributed by atoms with Gasteiger partial charge in [0.05, 0.1) is 7.11 Å². The Kier molecular flexibility index (Phi) is 5.67. The van der Waals surface area contributed by atoms with Crippen molar-refractivity contribution in [2.75, 3.05) is 7.11 Å². The number of urea groups is 1. The number of methoxy groups -OCH3 is 1. The number of hydrogen-bond donors (Lipinski definition) is 1. The number of barbiturate groups is 1. The van der Waals surface area contributed by atoms with Gasteiger partial charge in [-0.25, -0.2) is 4.79 Å². The molecule has 0 spiro atoms. The number of imide groups is 2. The zero-order valence-electron chi connectivity index (χ0n) is 18.1. The Morgan fingerprint density at radius 3 is 2.35 bits per heavy atom. The largest absolute Gasteiger partial charge is 0.497 e. The number of aryl methyl sites for hydroxylation is 1. The Hall–Kier alpha value is -3.35.